The van der Waals surface area contributed by atoms with Crippen LogP contribution in [0.15, 0.2) is 0 Å². The molecular weight excluding hydrogens is 150 g/mol. The normalized spacial score (nSPS) is 20.7. The molecule has 1 unspecified atom stereocenters. The third-order valence-electron chi connectivity index (χ3n) is 2.64. The molecule has 0 N–H and O–H groups in total. The Morgan fingerprint density at radius 2 is 2.17 bits per heavy atom. The van der Waals surface area contributed by atoms with Gasteiger partial charge >= 0.3 is 0 Å². The van der Waals surface area contributed by atoms with Crippen LogP contribution in [0.3, 0.4) is 0 Å². The summed E-state index contributed by atoms with van der Waals surface area (Å²) in [7, 11) is 0. The Kier molecular flexibility index (Phi) is 4.10. The molecule has 1 aliphatic rings. The number of nitrogens with zero attached hydrogens (tertiary/aromatic N) is 1. The smallest absolute Gasteiger partial charge is 0.0725 e. The zero-order valence-corrected chi connectivity index (χ0v) is 7.75. The summed E-state index contributed by atoms with van der Waals surface area (Å²) < 4.78 is 5.28. The van der Waals surface area contributed by atoms with E-state index in [0.29, 0.717) is 12.5 Å². The minimum Gasteiger partial charge on any atom is -0.380 e. The molecule has 0 aliphatic heterocycles. The number of hydrogen-bond donors (Lipinski definition) is 0. The van der Waals surface area contributed by atoms with Crippen molar-refractivity contribution >= 4 is 0 Å². The van der Waals surface area contributed by atoms with E-state index in [1.165, 1.54) is 25.7 Å². The Morgan fingerprint density at radius 3 is 2.67 bits per heavy atom. The first-order valence-electron chi connectivity index (χ1n) is 4.85. The van der Waals surface area contributed by atoms with Gasteiger partial charge in [0.2, 0.25) is 0 Å². The second kappa shape index (κ2) is 5.16. The molecule has 0 aromatic heterocycles. The van der Waals surface area contributed by atoms with Gasteiger partial charge < -0.3 is 4.74 Å². The lowest BCUT2D eigenvalue weighted by molar-refractivity contribution is 0.108. The highest BCUT2D eigenvalue weighted by Crippen LogP contribution is 2.31. The highest BCUT2D eigenvalue weighted by atomic mass is 16.5. The monoisotopic (exact) mass is 167 g/mol. The van der Waals surface area contributed by atoms with Crippen LogP contribution < -0.4 is 0 Å². The highest BCUT2D eigenvalue weighted by Gasteiger charge is 2.24. The van der Waals surface area contributed by atoms with E-state index in [9.17, 15) is 0 Å². The van der Waals surface area contributed by atoms with Crippen LogP contribution in [0, 0.1) is 23.2 Å². The van der Waals surface area contributed by atoms with Crippen LogP contribution in [-0.2, 0) is 4.74 Å². The molecule has 0 radical (unpaired) electrons. The van der Waals surface area contributed by atoms with E-state index in [1.54, 1.807) is 0 Å². The maximum atomic E-state index is 8.88. The molecule has 68 valence electrons. The second-order valence-corrected chi connectivity index (χ2v) is 3.44. The first-order valence-corrected chi connectivity index (χ1v) is 4.85. The molecule has 2 nitrogen and oxygen atoms in total. The van der Waals surface area contributed by atoms with Crippen molar-refractivity contribution in [3.8, 4) is 6.07 Å². The second-order valence-electron chi connectivity index (χ2n) is 3.44. The van der Waals surface area contributed by atoms with Crippen molar-refractivity contribution in [1.82, 2.24) is 0 Å². The van der Waals surface area contributed by atoms with Gasteiger partial charge in [0.15, 0.2) is 0 Å². The minimum atomic E-state index is 0.146. The Morgan fingerprint density at radius 1 is 1.50 bits per heavy atom. The fourth-order valence-electron chi connectivity index (χ4n) is 1.88. The van der Waals surface area contributed by atoms with Crippen LogP contribution in [-0.4, -0.2) is 13.2 Å². The van der Waals surface area contributed by atoms with Gasteiger partial charge in [-0.3, -0.25) is 0 Å². The zero-order chi connectivity index (χ0) is 8.81. The summed E-state index contributed by atoms with van der Waals surface area (Å²) in [5.41, 5.74) is 0. The molecule has 1 aliphatic carbocycles. The lowest BCUT2D eigenvalue weighted by Crippen LogP contribution is -2.16. The number of hydrogen-bond acceptors (Lipinski definition) is 2. The summed E-state index contributed by atoms with van der Waals surface area (Å²) in [6.45, 7) is 3.34. The van der Waals surface area contributed by atoms with Gasteiger partial charge in [0.1, 0.15) is 0 Å². The van der Waals surface area contributed by atoms with E-state index in [-0.39, 0.29) is 5.92 Å². The largest absolute Gasteiger partial charge is 0.380 e. The molecule has 0 bridgehead atoms. The zero-order valence-electron chi connectivity index (χ0n) is 7.75. The number of rotatable bonds is 4. The quantitative estimate of drug-likeness (QED) is 0.644. The summed E-state index contributed by atoms with van der Waals surface area (Å²) in [4.78, 5) is 0. The lowest BCUT2D eigenvalue weighted by atomic mass is 9.93. The summed E-state index contributed by atoms with van der Waals surface area (Å²) in [5.74, 6) is 0.758. The SMILES string of the molecule is CCOCC(C#N)C1CCCC1. The number of ether oxygens (including phenoxy) is 1. The Bertz CT molecular complexity index is 156. The highest BCUT2D eigenvalue weighted by molar-refractivity contribution is 4.90. The average Bonchev–Trinajstić information content (AvgIpc) is 2.59. The standard InChI is InChI=1S/C10H17NO/c1-2-12-8-10(7-11)9-5-3-4-6-9/h9-10H,2-6,8H2,1H3. The molecule has 1 atom stereocenters. The first kappa shape index (κ1) is 9.54. The van der Waals surface area contributed by atoms with Crippen LogP contribution in [0.25, 0.3) is 0 Å². The summed E-state index contributed by atoms with van der Waals surface area (Å²) in [6, 6.07) is 2.35. The molecule has 1 fully saturated rings. The molecule has 0 amide bonds. The molecule has 0 spiro atoms. The molecule has 0 aromatic carbocycles. The van der Waals surface area contributed by atoms with E-state index < -0.39 is 0 Å². The topological polar surface area (TPSA) is 33.0 Å². The summed E-state index contributed by atoms with van der Waals surface area (Å²) in [6.07, 6.45) is 5.06. The summed E-state index contributed by atoms with van der Waals surface area (Å²) in [5, 5.41) is 8.88. The van der Waals surface area contributed by atoms with Gasteiger partial charge in [0.05, 0.1) is 18.6 Å². The van der Waals surface area contributed by atoms with E-state index in [0.717, 1.165) is 6.61 Å². The molecule has 2 heteroatoms. The van der Waals surface area contributed by atoms with Gasteiger partial charge in [0, 0.05) is 6.61 Å². The van der Waals surface area contributed by atoms with Gasteiger partial charge in [-0.25, -0.2) is 0 Å². The van der Waals surface area contributed by atoms with Gasteiger partial charge in [-0.15, -0.1) is 0 Å². The van der Waals surface area contributed by atoms with Crippen molar-refractivity contribution in [2.75, 3.05) is 13.2 Å². The molecule has 1 rings (SSSR count). The summed E-state index contributed by atoms with van der Waals surface area (Å²) >= 11 is 0. The molecule has 0 saturated heterocycles. The van der Waals surface area contributed by atoms with Crippen molar-refractivity contribution < 1.29 is 4.74 Å². The van der Waals surface area contributed by atoms with Crippen LogP contribution in [0.5, 0.6) is 0 Å². The maximum absolute atomic E-state index is 8.88. The molecule has 0 heterocycles. The Hall–Kier alpha value is -0.550. The van der Waals surface area contributed by atoms with Crippen LogP contribution in [0.1, 0.15) is 32.6 Å². The predicted molar refractivity (Wildman–Crippen MR) is 47.6 cm³/mol. The Balaban J connectivity index is 2.29. The lowest BCUT2D eigenvalue weighted by Gasteiger charge is -2.15. The third-order valence-corrected chi connectivity index (χ3v) is 2.64. The fraction of sp³-hybridized carbons (Fsp3) is 0.900. The minimum absolute atomic E-state index is 0.146. The predicted octanol–water partition coefficient (Wildman–Crippen LogP) is 2.35. The van der Waals surface area contributed by atoms with Gasteiger partial charge in [-0.05, 0) is 25.7 Å². The van der Waals surface area contributed by atoms with Gasteiger partial charge in [0.25, 0.3) is 0 Å². The van der Waals surface area contributed by atoms with E-state index >= 15 is 0 Å². The van der Waals surface area contributed by atoms with E-state index in [2.05, 4.69) is 6.07 Å². The Labute approximate surface area is 74.5 Å². The first-order chi connectivity index (χ1) is 5.88. The van der Waals surface area contributed by atoms with Crippen molar-refractivity contribution in [3.05, 3.63) is 0 Å². The van der Waals surface area contributed by atoms with Crippen molar-refractivity contribution in [3.63, 3.8) is 0 Å². The fourth-order valence-corrected chi connectivity index (χ4v) is 1.88. The third kappa shape index (κ3) is 2.49. The van der Waals surface area contributed by atoms with Crippen molar-refractivity contribution in [2.24, 2.45) is 11.8 Å². The van der Waals surface area contributed by atoms with Crippen LogP contribution in [0.2, 0.25) is 0 Å². The molecule has 1 saturated carbocycles. The van der Waals surface area contributed by atoms with Gasteiger partial charge in [-0.1, -0.05) is 12.8 Å². The van der Waals surface area contributed by atoms with Crippen molar-refractivity contribution in [2.45, 2.75) is 32.6 Å². The molecular formula is C10H17NO. The molecule has 12 heavy (non-hydrogen) atoms. The van der Waals surface area contributed by atoms with E-state index in [4.69, 9.17) is 10.00 Å². The molecule has 0 aromatic rings. The van der Waals surface area contributed by atoms with Gasteiger partial charge in [-0.2, -0.15) is 5.26 Å². The average molecular weight is 167 g/mol. The van der Waals surface area contributed by atoms with Crippen LogP contribution >= 0.6 is 0 Å². The van der Waals surface area contributed by atoms with E-state index in [1.807, 2.05) is 6.92 Å². The van der Waals surface area contributed by atoms with Crippen molar-refractivity contribution in [1.29, 1.82) is 5.26 Å². The number of nitriles is 1. The van der Waals surface area contributed by atoms with Crippen LogP contribution in [0.4, 0.5) is 0 Å². The maximum Gasteiger partial charge on any atom is 0.0725 e.